The molecule has 0 radical (unpaired) electrons. The summed E-state index contributed by atoms with van der Waals surface area (Å²) in [7, 11) is -2.27. The summed E-state index contributed by atoms with van der Waals surface area (Å²) in [6.07, 6.45) is 3.51. The number of anilines is 1. The average molecular weight is 421 g/mol. The van der Waals surface area contributed by atoms with Gasteiger partial charge in [0, 0.05) is 24.5 Å². The summed E-state index contributed by atoms with van der Waals surface area (Å²) < 4.78 is 32.9. The molecule has 29 heavy (non-hydrogen) atoms. The molecule has 0 aliphatic carbocycles. The lowest BCUT2D eigenvalue weighted by atomic mass is 10.1. The Morgan fingerprint density at radius 1 is 1.24 bits per heavy atom. The second-order valence-electron chi connectivity index (χ2n) is 7.66. The van der Waals surface area contributed by atoms with E-state index in [4.69, 9.17) is 4.74 Å². The SMILES string of the molecule is COc1ccc(NC(=O)c2cc(CC(C)C)[nH]n2)cc1S(=O)(=O)N1CCCCC1. The van der Waals surface area contributed by atoms with E-state index in [1.165, 1.54) is 17.5 Å². The van der Waals surface area contributed by atoms with Gasteiger partial charge in [0.05, 0.1) is 7.11 Å². The molecule has 1 saturated heterocycles. The summed E-state index contributed by atoms with van der Waals surface area (Å²) in [6, 6.07) is 6.33. The third kappa shape index (κ3) is 4.97. The zero-order valence-corrected chi connectivity index (χ0v) is 17.9. The van der Waals surface area contributed by atoms with Crippen LogP contribution in [-0.2, 0) is 16.4 Å². The van der Waals surface area contributed by atoms with Crippen molar-refractivity contribution < 1.29 is 17.9 Å². The van der Waals surface area contributed by atoms with Crippen LogP contribution in [-0.4, -0.2) is 49.0 Å². The van der Waals surface area contributed by atoms with E-state index in [9.17, 15) is 13.2 Å². The number of carbonyl (C=O) groups excluding carboxylic acids is 1. The van der Waals surface area contributed by atoms with Crippen molar-refractivity contribution >= 4 is 21.6 Å². The number of aromatic nitrogens is 2. The molecule has 0 unspecified atom stereocenters. The molecule has 0 spiro atoms. The highest BCUT2D eigenvalue weighted by molar-refractivity contribution is 7.89. The third-order valence-electron chi connectivity index (χ3n) is 4.85. The molecule has 2 N–H and O–H groups in total. The van der Waals surface area contributed by atoms with E-state index in [-0.39, 0.29) is 16.3 Å². The van der Waals surface area contributed by atoms with Gasteiger partial charge in [-0.2, -0.15) is 9.40 Å². The van der Waals surface area contributed by atoms with Crippen LogP contribution in [0.1, 0.15) is 49.3 Å². The van der Waals surface area contributed by atoms with Crippen molar-refractivity contribution in [1.82, 2.24) is 14.5 Å². The Labute approximate surface area is 171 Å². The summed E-state index contributed by atoms with van der Waals surface area (Å²) in [6.45, 7) is 5.16. The largest absolute Gasteiger partial charge is 0.495 e. The first kappa shape index (κ1) is 21.3. The Morgan fingerprint density at radius 2 is 1.97 bits per heavy atom. The number of rotatable bonds is 7. The quantitative estimate of drug-likeness (QED) is 0.716. The summed E-state index contributed by atoms with van der Waals surface area (Å²) >= 11 is 0. The zero-order valence-electron chi connectivity index (χ0n) is 17.1. The number of aromatic amines is 1. The minimum Gasteiger partial charge on any atom is -0.495 e. The average Bonchev–Trinajstić information content (AvgIpc) is 3.16. The van der Waals surface area contributed by atoms with E-state index in [1.54, 1.807) is 18.2 Å². The number of sulfonamides is 1. The van der Waals surface area contributed by atoms with Gasteiger partial charge in [-0.25, -0.2) is 8.42 Å². The van der Waals surface area contributed by atoms with E-state index >= 15 is 0 Å². The molecule has 158 valence electrons. The van der Waals surface area contributed by atoms with Crippen molar-refractivity contribution in [3.05, 3.63) is 35.7 Å². The van der Waals surface area contributed by atoms with E-state index in [0.717, 1.165) is 31.4 Å². The standard InChI is InChI=1S/C20H28N4O4S/c1-14(2)11-16-12-17(23-22-16)20(25)21-15-7-8-18(28-3)19(13-15)29(26,27)24-9-5-4-6-10-24/h7-8,12-14H,4-6,9-11H2,1-3H3,(H,21,25)(H,22,23). The van der Waals surface area contributed by atoms with Crippen LogP contribution in [0.3, 0.4) is 0 Å². The molecule has 1 aromatic heterocycles. The van der Waals surface area contributed by atoms with E-state index in [0.29, 0.717) is 24.7 Å². The first-order chi connectivity index (χ1) is 13.8. The molecule has 1 aliphatic heterocycles. The third-order valence-corrected chi connectivity index (χ3v) is 6.77. The molecular weight excluding hydrogens is 392 g/mol. The minimum absolute atomic E-state index is 0.0576. The van der Waals surface area contributed by atoms with Gasteiger partial charge < -0.3 is 10.1 Å². The molecule has 1 aromatic carbocycles. The monoisotopic (exact) mass is 420 g/mol. The molecule has 0 saturated carbocycles. The van der Waals surface area contributed by atoms with Crippen LogP contribution in [0.15, 0.2) is 29.2 Å². The fourth-order valence-corrected chi connectivity index (χ4v) is 5.12. The number of ether oxygens (including phenoxy) is 1. The number of nitrogens with one attached hydrogen (secondary N) is 2. The molecule has 2 aromatic rings. The normalized spacial score (nSPS) is 15.4. The van der Waals surface area contributed by atoms with Crippen molar-refractivity contribution in [2.75, 3.05) is 25.5 Å². The van der Waals surface area contributed by atoms with Gasteiger partial charge in [0.25, 0.3) is 5.91 Å². The second-order valence-corrected chi connectivity index (χ2v) is 9.57. The van der Waals surface area contributed by atoms with Gasteiger partial charge in [0.15, 0.2) is 5.69 Å². The first-order valence-electron chi connectivity index (χ1n) is 9.85. The number of carbonyl (C=O) groups is 1. The highest BCUT2D eigenvalue weighted by Gasteiger charge is 2.29. The lowest BCUT2D eigenvalue weighted by Gasteiger charge is -2.26. The number of hydrogen-bond acceptors (Lipinski definition) is 5. The number of piperidine rings is 1. The second kappa shape index (κ2) is 8.96. The summed E-state index contributed by atoms with van der Waals surface area (Å²) in [5.74, 6) is 0.297. The van der Waals surface area contributed by atoms with Gasteiger partial charge in [-0.3, -0.25) is 9.89 Å². The van der Waals surface area contributed by atoms with Gasteiger partial charge in [-0.05, 0) is 49.4 Å². The molecule has 1 aliphatic rings. The summed E-state index contributed by atoms with van der Waals surface area (Å²) in [4.78, 5) is 12.6. The Balaban J connectivity index is 1.83. The van der Waals surface area contributed by atoms with Crippen LogP contribution in [0.2, 0.25) is 0 Å². The van der Waals surface area contributed by atoms with Crippen LogP contribution in [0.5, 0.6) is 5.75 Å². The smallest absolute Gasteiger partial charge is 0.276 e. The van der Waals surface area contributed by atoms with Crippen LogP contribution < -0.4 is 10.1 Å². The molecular formula is C20H28N4O4S. The van der Waals surface area contributed by atoms with Crippen molar-refractivity contribution in [1.29, 1.82) is 0 Å². The van der Waals surface area contributed by atoms with Gasteiger partial charge in [0.1, 0.15) is 10.6 Å². The fourth-order valence-electron chi connectivity index (χ4n) is 3.42. The number of amides is 1. The lowest BCUT2D eigenvalue weighted by molar-refractivity contribution is 0.102. The number of hydrogen-bond donors (Lipinski definition) is 2. The fraction of sp³-hybridized carbons (Fsp3) is 0.500. The lowest BCUT2D eigenvalue weighted by Crippen LogP contribution is -2.35. The predicted molar refractivity (Wildman–Crippen MR) is 111 cm³/mol. The van der Waals surface area contributed by atoms with Gasteiger partial charge >= 0.3 is 0 Å². The maximum atomic E-state index is 13.1. The predicted octanol–water partition coefficient (Wildman–Crippen LogP) is 3.04. The van der Waals surface area contributed by atoms with Crippen LogP contribution in [0, 0.1) is 5.92 Å². The van der Waals surface area contributed by atoms with E-state index in [2.05, 4.69) is 29.4 Å². The van der Waals surface area contributed by atoms with Crippen molar-refractivity contribution in [2.45, 2.75) is 44.4 Å². The Bertz CT molecular complexity index is 963. The Morgan fingerprint density at radius 3 is 2.62 bits per heavy atom. The highest BCUT2D eigenvalue weighted by atomic mass is 32.2. The van der Waals surface area contributed by atoms with E-state index < -0.39 is 15.9 Å². The topological polar surface area (TPSA) is 104 Å². The highest BCUT2D eigenvalue weighted by Crippen LogP contribution is 2.31. The molecule has 1 fully saturated rings. The number of H-pyrrole nitrogens is 1. The van der Waals surface area contributed by atoms with Crippen molar-refractivity contribution in [2.24, 2.45) is 5.92 Å². The van der Waals surface area contributed by atoms with E-state index in [1.807, 2.05) is 0 Å². The maximum absolute atomic E-state index is 13.1. The zero-order chi connectivity index (χ0) is 21.0. The van der Waals surface area contributed by atoms with Crippen LogP contribution >= 0.6 is 0 Å². The summed E-state index contributed by atoms with van der Waals surface area (Å²) in [5.41, 5.74) is 1.52. The molecule has 0 bridgehead atoms. The van der Waals surface area contributed by atoms with Crippen LogP contribution in [0.4, 0.5) is 5.69 Å². The molecule has 0 atom stereocenters. The summed E-state index contributed by atoms with van der Waals surface area (Å²) in [5, 5.41) is 9.65. The molecule has 2 heterocycles. The molecule has 8 nitrogen and oxygen atoms in total. The number of methoxy groups -OCH3 is 1. The van der Waals surface area contributed by atoms with Gasteiger partial charge in [-0.15, -0.1) is 0 Å². The maximum Gasteiger partial charge on any atom is 0.276 e. The van der Waals surface area contributed by atoms with Crippen LogP contribution in [0.25, 0.3) is 0 Å². The Hall–Kier alpha value is -2.39. The molecule has 1 amide bonds. The van der Waals surface area contributed by atoms with Crippen molar-refractivity contribution in [3.63, 3.8) is 0 Å². The number of nitrogens with zero attached hydrogens (tertiary/aromatic N) is 2. The van der Waals surface area contributed by atoms with Crippen molar-refractivity contribution in [3.8, 4) is 5.75 Å². The molecule has 9 heteroatoms. The Kier molecular flexibility index (Phi) is 6.59. The molecule has 3 rings (SSSR count). The minimum atomic E-state index is -3.70. The first-order valence-corrected chi connectivity index (χ1v) is 11.3. The van der Waals surface area contributed by atoms with Gasteiger partial charge in [0.2, 0.25) is 10.0 Å². The number of benzene rings is 1. The van der Waals surface area contributed by atoms with Gasteiger partial charge in [-0.1, -0.05) is 20.3 Å².